The first kappa shape index (κ1) is 22.6. The van der Waals surface area contributed by atoms with Crippen molar-refractivity contribution >= 4 is 22.5 Å². The monoisotopic (exact) mass is 452 g/mol. The van der Waals surface area contributed by atoms with Crippen LogP contribution in [0.25, 0.3) is 10.9 Å². The summed E-state index contributed by atoms with van der Waals surface area (Å²) in [5.74, 6) is -0.279. The number of carbonyl (C=O) groups excluding carboxylic acids is 1. The average molecular weight is 452 g/mol. The lowest BCUT2D eigenvalue weighted by atomic mass is 9.89. The molecule has 1 heterocycles. The molecule has 0 unspecified atom stereocenters. The molecule has 1 saturated carbocycles. The number of pyridine rings is 1. The zero-order valence-electron chi connectivity index (χ0n) is 18.1. The van der Waals surface area contributed by atoms with Gasteiger partial charge in [-0.15, -0.1) is 0 Å². The summed E-state index contributed by atoms with van der Waals surface area (Å²) in [6.07, 6.45) is -1.69. The first-order chi connectivity index (χ1) is 15.8. The molecule has 1 aliphatic rings. The van der Waals surface area contributed by atoms with E-state index >= 15 is 0 Å². The van der Waals surface area contributed by atoms with Crippen LogP contribution in [-0.2, 0) is 6.18 Å². The molecule has 4 rings (SSSR count). The summed E-state index contributed by atoms with van der Waals surface area (Å²) in [4.78, 5) is 18.3. The van der Waals surface area contributed by atoms with Crippen LogP contribution >= 0.6 is 0 Å². The van der Waals surface area contributed by atoms with Gasteiger partial charge in [-0.3, -0.25) is 4.79 Å². The molecule has 1 amide bonds. The van der Waals surface area contributed by atoms with Crippen LogP contribution in [0.5, 0.6) is 0 Å². The van der Waals surface area contributed by atoms with E-state index in [1.807, 2.05) is 18.0 Å². The van der Waals surface area contributed by atoms with Crippen molar-refractivity contribution in [2.45, 2.75) is 43.9 Å². The van der Waals surface area contributed by atoms with Crippen molar-refractivity contribution in [3.05, 3.63) is 71.4 Å². The van der Waals surface area contributed by atoms with Crippen molar-refractivity contribution in [1.29, 1.82) is 5.26 Å². The van der Waals surface area contributed by atoms with E-state index in [1.165, 1.54) is 0 Å². The van der Waals surface area contributed by atoms with E-state index in [-0.39, 0.29) is 18.0 Å². The van der Waals surface area contributed by atoms with Crippen LogP contribution in [0.3, 0.4) is 0 Å². The summed E-state index contributed by atoms with van der Waals surface area (Å²) in [7, 11) is 1.81. The Morgan fingerprint density at radius 3 is 2.45 bits per heavy atom. The van der Waals surface area contributed by atoms with E-state index in [4.69, 9.17) is 0 Å². The molecule has 1 aromatic heterocycles. The highest BCUT2D eigenvalue weighted by molar-refractivity contribution is 5.96. The number of rotatable bonds is 4. The molecule has 1 aliphatic carbocycles. The molecule has 0 aliphatic heterocycles. The number of amides is 1. The summed E-state index contributed by atoms with van der Waals surface area (Å²) in [5.41, 5.74) is 0.588. The standard InChI is InChI=1S/C25H23F3N4O/c1-32(22-14-23(25(26,27)28)31-21-9-5-4-8-20(21)22)18-12-10-17(11-13-18)30-24(33)19-7-3-2-6-16(19)15-29/h2-9,14,17-18H,10-13H2,1H3,(H,30,33)/t17-,18+. The van der Waals surface area contributed by atoms with Gasteiger partial charge >= 0.3 is 6.18 Å². The lowest BCUT2D eigenvalue weighted by Crippen LogP contribution is -2.43. The number of carbonyl (C=O) groups is 1. The van der Waals surface area contributed by atoms with Crippen LogP contribution in [-0.4, -0.2) is 30.0 Å². The third-order valence-electron chi connectivity index (χ3n) is 6.24. The Labute approximate surface area is 189 Å². The van der Waals surface area contributed by atoms with Gasteiger partial charge in [0.25, 0.3) is 5.91 Å². The van der Waals surface area contributed by atoms with E-state index in [0.29, 0.717) is 40.6 Å². The Morgan fingerprint density at radius 1 is 1.09 bits per heavy atom. The maximum absolute atomic E-state index is 13.4. The highest BCUT2D eigenvalue weighted by Crippen LogP contribution is 2.36. The number of anilines is 1. The fraction of sp³-hybridized carbons (Fsp3) is 0.320. The fourth-order valence-electron chi connectivity index (χ4n) is 4.44. The first-order valence-electron chi connectivity index (χ1n) is 10.8. The molecule has 0 bridgehead atoms. The van der Waals surface area contributed by atoms with Crippen LogP contribution in [0, 0.1) is 11.3 Å². The Balaban J connectivity index is 1.48. The van der Waals surface area contributed by atoms with Crippen molar-refractivity contribution in [2.24, 2.45) is 0 Å². The third kappa shape index (κ3) is 4.77. The van der Waals surface area contributed by atoms with Crippen LogP contribution < -0.4 is 10.2 Å². The van der Waals surface area contributed by atoms with Gasteiger partial charge in [0.15, 0.2) is 0 Å². The molecule has 0 spiro atoms. The smallest absolute Gasteiger partial charge is 0.371 e. The Hall–Kier alpha value is -3.60. The van der Waals surface area contributed by atoms with Gasteiger partial charge in [-0.2, -0.15) is 18.4 Å². The highest BCUT2D eigenvalue weighted by atomic mass is 19.4. The van der Waals surface area contributed by atoms with Gasteiger partial charge in [0.1, 0.15) is 5.69 Å². The molecular formula is C25H23F3N4O. The van der Waals surface area contributed by atoms with E-state index in [1.54, 1.807) is 48.5 Å². The van der Waals surface area contributed by atoms with Crippen molar-refractivity contribution in [3.8, 4) is 6.07 Å². The minimum absolute atomic E-state index is 0.0384. The Bertz CT molecular complexity index is 1210. The predicted octanol–water partition coefficient (Wildman–Crippen LogP) is 5.30. The van der Waals surface area contributed by atoms with Crippen LogP contribution in [0.15, 0.2) is 54.6 Å². The molecule has 170 valence electrons. The largest absolute Gasteiger partial charge is 0.433 e. The number of nitriles is 1. The Kier molecular flexibility index (Phi) is 6.23. The topological polar surface area (TPSA) is 69.0 Å². The SMILES string of the molecule is CN(c1cc(C(F)(F)F)nc2ccccc12)[C@H]1CC[C@@H](NC(=O)c2ccccc2C#N)CC1. The van der Waals surface area contributed by atoms with Crippen molar-refractivity contribution in [2.75, 3.05) is 11.9 Å². The third-order valence-corrected chi connectivity index (χ3v) is 6.24. The molecule has 2 aromatic carbocycles. The van der Waals surface area contributed by atoms with Gasteiger partial charge < -0.3 is 10.2 Å². The normalized spacial score (nSPS) is 18.5. The number of hydrogen-bond acceptors (Lipinski definition) is 4. The minimum Gasteiger partial charge on any atom is -0.371 e. The minimum atomic E-state index is -4.53. The highest BCUT2D eigenvalue weighted by Gasteiger charge is 2.34. The maximum Gasteiger partial charge on any atom is 0.433 e. The van der Waals surface area contributed by atoms with Crippen molar-refractivity contribution in [3.63, 3.8) is 0 Å². The first-order valence-corrected chi connectivity index (χ1v) is 10.8. The molecule has 8 heteroatoms. The number of nitrogens with zero attached hydrogens (tertiary/aromatic N) is 3. The van der Waals surface area contributed by atoms with Crippen molar-refractivity contribution < 1.29 is 18.0 Å². The van der Waals surface area contributed by atoms with E-state index < -0.39 is 11.9 Å². The molecule has 3 aromatic rings. The zero-order chi connectivity index (χ0) is 23.6. The average Bonchev–Trinajstić information content (AvgIpc) is 2.82. The van der Waals surface area contributed by atoms with Crippen LogP contribution in [0.4, 0.5) is 18.9 Å². The number of para-hydroxylation sites is 1. The predicted molar refractivity (Wildman–Crippen MR) is 120 cm³/mol. The van der Waals surface area contributed by atoms with Gasteiger partial charge in [-0.05, 0) is 49.9 Å². The van der Waals surface area contributed by atoms with Crippen molar-refractivity contribution in [1.82, 2.24) is 10.3 Å². The summed E-state index contributed by atoms with van der Waals surface area (Å²) in [6, 6.07) is 16.6. The lowest BCUT2D eigenvalue weighted by molar-refractivity contribution is -0.140. The van der Waals surface area contributed by atoms with Gasteiger partial charge in [0.05, 0.1) is 22.7 Å². The quantitative estimate of drug-likeness (QED) is 0.583. The number of aromatic nitrogens is 1. The molecular weight excluding hydrogens is 429 g/mol. The van der Waals surface area contributed by atoms with Crippen LogP contribution in [0.1, 0.15) is 47.3 Å². The second kappa shape index (κ2) is 9.10. The Morgan fingerprint density at radius 2 is 1.76 bits per heavy atom. The van der Waals surface area contributed by atoms with E-state index in [0.717, 1.165) is 18.9 Å². The number of fused-ring (bicyclic) bond motifs is 1. The van der Waals surface area contributed by atoms with E-state index in [2.05, 4.69) is 10.3 Å². The fourth-order valence-corrected chi connectivity index (χ4v) is 4.44. The maximum atomic E-state index is 13.4. The zero-order valence-corrected chi connectivity index (χ0v) is 18.1. The summed E-state index contributed by atoms with van der Waals surface area (Å²) in [5, 5.41) is 12.9. The summed E-state index contributed by atoms with van der Waals surface area (Å²) < 4.78 is 40.3. The van der Waals surface area contributed by atoms with Gasteiger partial charge in [0.2, 0.25) is 0 Å². The number of nitrogens with one attached hydrogen (secondary N) is 1. The lowest BCUT2D eigenvalue weighted by Gasteiger charge is -2.37. The summed E-state index contributed by atoms with van der Waals surface area (Å²) >= 11 is 0. The number of benzene rings is 2. The van der Waals surface area contributed by atoms with Crippen LogP contribution in [0.2, 0.25) is 0 Å². The molecule has 1 N–H and O–H groups in total. The summed E-state index contributed by atoms with van der Waals surface area (Å²) in [6.45, 7) is 0. The van der Waals surface area contributed by atoms with Gasteiger partial charge in [-0.25, -0.2) is 4.98 Å². The number of halogens is 3. The molecule has 33 heavy (non-hydrogen) atoms. The van der Waals surface area contributed by atoms with Gasteiger partial charge in [-0.1, -0.05) is 30.3 Å². The van der Waals surface area contributed by atoms with Gasteiger partial charge in [0, 0.05) is 30.2 Å². The van der Waals surface area contributed by atoms with E-state index in [9.17, 15) is 23.2 Å². The molecule has 0 radical (unpaired) electrons. The molecule has 1 fully saturated rings. The molecule has 5 nitrogen and oxygen atoms in total. The number of hydrogen-bond donors (Lipinski definition) is 1. The second-order valence-corrected chi connectivity index (χ2v) is 8.29. The second-order valence-electron chi connectivity index (χ2n) is 8.29. The molecule has 0 atom stereocenters. The molecule has 0 saturated heterocycles. The number of alkyl halides is 3.